The first-order valence-corrected chi connectivity index (χ1v) is 10.9. The quantitative estimate of drug-likeness (QED) is 0.483. The number of alkyl carbamates (subject to hydrolysis) is 1. The van der Waals surface area contributed by atoms with Crippen LogP contribution in [0.2, 0.25) is 0 Å². The van der Waals surface area contributed by atoms with Crippen LogP contribution in [0.1, 0.15) is 65.2 Å². The van der Waals surface area contributed by atoms with E-state index in [1.165, 1.54) is 7.11 Å². The Hall–Kier alpha value is -2.32. The third kappa shape index (κ3) is 7.50. The molecule has 9 heteroatoms. The number of carbonyl (C=O) groups is 4. The molecule has 2 fully saturated rings. The number of ether oxygens (including phenoxy) is 2. The van der Waals surface area contributed by atoms with Crippen molar-refractivity contribution in [2.75, 3.05) is 13.7 Å². The van der Waals surface area contributed by atoms with E-state index in [1.54, 1.807) is 0 Å². The molecule has 3 amide bonds. The van der Waals surface area contributed by atoms with Crippen LogP contribution in [-0.2, 0) is 23.9 Å². The van der Waals surface area contributed by atoms with Gasteiger partial charge >= 0.3 is 12.1 Å². The summed E-state index contributed by atoms with van der Waals surface area (Å²) >= 11 is 0. The van der Waals surface area contributed by atoms with E-state index in [2.05, 4.69) is 16.0 Å². The van der Waals surface area contributed by atoms with E-state index in [9.17, 15) is 19.2 Å². The van der Waals surface area contributed by atoms with Gasteiger partial charge < -0.3 is 25.4 Å². The molecule has 1 heterocycles. The van der Waals surface area contributed by atoms with Gasteiger partial charge in [-0.2, -0.15) is 0 Å². The Morgan fingerprint density at radius 2 is 1.77 bits per heavy atom. The highest BCUT2D eigenvalue weighted by molar-refractivity contribution is 5.90. The van der Waals surface area contributed by atoms with Crippen LogP contribution in [0, 0.1) is 11.8 Å². The Bertz CT molecular complexity index is 618. The topological polar surface area (TPSA) is 123 Å². The van der Waals surface area contributed by atoms with Gasteiger partial charge in [-0.15, -0.1) is 0 Å². The molecule has 3 atom stereocenters. The maximum atomic E-state index is 12.9. The molecule has 0 radical (unpaired) electrons. The van der Waals surface area contributed by atoms with Crippen molar-refractivity contribution >= 4 is 23.9 Å². The number of rotatable bonds is 9. The van der Waals surface area contributed by atoms with E-state index in [-0.39, 0.29) is 30.3 Å². The second-order valence-corrected chi connectivity index (χ2v) is 8.59. The molecule has 0 aromatic carbocycles. The lowest BCUT2D eigenvalue weighted by Gasteiger charge is -2.26. The number of methoxy groups -OCH3 is 1. The Kier molecular flexibility index (Phi) is 9.39. The lowest BCUT2D eigenvalue weighted by Crippen LogP contribution is -2.53. The SMILES string of the molecule is COC(=O)C(CC1CCNC1=O)NC(=O)C(CC(C)C)NC(=O)OC1CCCCC1. The van der Waals surface area contributed by atoms with E-state index in [0.717, 1.165) is 32.1 Å². The second-order valence-electron chi connectivity index (χ2n) is 8.59. The molecule has 2 aliphatic rings. The number of esters is 1. The average Bonchev–Trinajstić information content (AvgIpc) is 3.11. The van der Waals surface area contributed by atoms with Gasteiger partial charge in [-0.25, -0.2) is 9.59 Å². The lowest BCUT2D eigenvalue weighted by atomic mass is 9.97. The average molecular weight is 426 g/mol. The molecule has 0 bridgehead atoms. The minimum absolute atomic E-state index is 0.120. The van der Waals surface area contributed by atoms with Crippen LogP contribution in [0.4, 0.5) is 4.79 Å². The van der Waals surface area contributed by atoms with Gasteiger partial charge in [0.15, 0.2) is 0 Å². The van der Waals surface area contributed by atoms with Crippen LogP contribution in [0.3, 0.4) is 0 Å². The Labute approximate surface area is 178 Å². The highest BCUT2D eigenvalue weighted by Crippen LogP contribution is 2.21. The normalized spacial score (nSPS) is 21.5. The van der Waals surface area contributed by atoms with Gasteiger partial charge in [0.2, 0.25) is 11.8 Å². The van der Waals surface area contributed by atoms with Crippen LogP contribution < -0.4 is 16.0 Å². The van der Waals surface area contributed by atoms with Crippen LogP contribution in [0.25, 0.3) is 0 Å². The summed E-state index contributed by atoms with van der Waals surface area (Å²) in [5.74, 6) is -1.46. The van der Waals surface area contributed by atoms with Crippen molar-refractivity contribution in [3.05, 3.63) is 0 Å². The van der Waals surface area contributed by atoms with Crippen LogP contribution in [0.15, 0.2) is 0 Å². The molecule has 3 N–H and O–H groups in total. The number of hydrogen-bond donors (Lipinski definition) is 3. The van der Waals surface area contributed by atoms with Crippen molar-refractivity contribution in [1.29, 1.82) is 0 Å². The van der Waals surface area contributed by atoms with Gasteiger partial charge in [0.05, 0.1) is 7.11 Å². The Morgan fingerprint density at radius 3 is 2.33 bits per heavy atom. The highest BCUT2D eigenvalue weighted by Gasteiger charge is 2.34. The third-order valence-electron chi connectivity index (χ3n) is 5.63. The highest BCUT2D eigenvalue weighted by atomic mass is 16.6. The molecule has 3 unspecified atom stereocenters. The van der Waals surface area contributed by atoms with Gasteiger partial charge in [0.1, 0.15) is 18.2 Å². The number of amides is 3. The standard InChI is InChI=1S/C21H35N3O6/c1-13(2)11-16(24-21(28)30-15-7-5-4-6-8-15)19(26)23-17(20(27)29-3)12-14-9-10-22-18(14)25/h13-17H,4-12H2,1-3H3,(H,22,25)(H,23,26)(H,24,28). The lowest BCUT2D eigenvalue weighted by molar-refractivity contribution is -0.146. The predicted molar refractivity (Wildman–Crippen MR) is 109 cm³/mol. The minimum atomic E-state index is -0.956. The molecule has 9 nitrogen and oxygen atoms in total. The molecule has 1 saturated heterocycles. The van der Waals surface area contributed by atoms with Gasteiger partial charge in [-0.05, 0) is 50.9 Å². The summed E-state index contributed by atoms with van der Waals surface area (Å²) in [5.41, 5.74) is 0. The van der Waals surface area contributed by atoms with Crippen molar-refractivity contribution < 1.29 is 28.7 Å². The summed E-state index contributed by atoms with van der Waals surface area (Å²) in [6, 6.07) is -1.80. The summed E-state index contributed by atoms with van der Waals surface area (Å²) in [7, 11) is 1.24. The summed E-state index contributed by atoms with van der Waals surface area (Å²) in [5, 5.41) is 8.04. The monoisotopic (exact) mass is 425 g/mol. The van der Waals surface area contributed by atoms with E-state index in [1.807, 2.05) is 13.8 Å². The molecule has 170 valence electrons. The van der Waals surface area contributed by atoms with Gasteiger partial charge in [-0.3, -0.25) is 9.59 Å². The first-order valence-electron chi connectivity index (χ1n) is 10.9. The van der Waals surface area contributed by atoms with Crippen molar-refractivity contribution in [2.45, 2.75) is 83.4 Å². The van der Waals surface area contributed by atoms with Crippen LogP contribution >= 0.6 is 0 Å². The fourth-order valence-corrected chi connectivity index (χ4v) is 4.00. The molecule has 0 aromatic heterocycles. The fraction of sp³-hybridized carbons (Fsp3) is 0.810. The Morgan fingerprint density at radius 1 is 1.07 bits per heavy atom. The molecule has 30 heavy (non-hydrogen) atoms. The summed E-state index contributed by atoms with van der Waals surface area (Å²) < 4.78 is 10.3. The fourth-order valence-electron chi connectivity index (χ4n) is 4.00. The number of hydrogen-bond acceptors (Lipinski definition) is 6. The molecular formula is C21H35N3O6. The first-order chi connectivity index (χ1) is 14.3. The first kappa shape index (κ1) is 24.0. The molecule has 0 aromatic rings. The van der Waals surface area contributed by atoms with Crippen LogP contribution in [0.5, 0.6) is 0 Å². The van der Waals surface area contributed by atoms with E-state index in [0.29, 0.717) is 19.4 Å². The molecule has 2 rings (SSSR count). The molecule has 1 aliphatic carbocycles. The van der Waals surface area contributed by atoms with Crippen molar-refractivity contribution in [3.63, 3.8) is 0 Å². The summed E-state index contributed by atoms with van der Waals surface area (Å²) in [6.45, 7) is 4.43. The van der Waals surface area contributed by atoms with Crippen LogP contribution in [-0.4, -0.2) is 55.7 Å². The largest absolute Gasteiger partial charge is 0.467 e. The van der Waals surface area contributed by atoms with E-state index >= 15 is 0 Å². The zero-order valence-corrected chi connectivity index (χ0v) is 18.2. The number of nitrogens with one attached hydrogen (secondary N) is 3. The maximum absolute atomic E-state index is 12.9. The number of carbonyl (C=O) groups excluding carboxylic acids is 4. The van der Waals surface area contributed by atoms with Crippen molar-refractivity contribution in [2.24, 2.45) is 11.8 Å². The van der Waals surface area contributed by atoms with E-state index in [4.69, 9.17) is 9.47 Å². The molecule has 1 aliphatic heterocycles. The van der Waals surface area contributed by atoms with Gasteiger partial charge in [0, 0.05) is 12.5 Å². The van der Waals surface area contributed by atoms with Gasteiger partial charge in [-0.1, -0.05) is 20.3 Å². The van der Waals surface area contributed by atoms with Crippen molar-refractivity contribution in [3.8, 4) is 0 Å². The predicted octanol–water partition coefficient (Wildman–Crippen LogP) is 1.64. The second kappa shape index (κ2) is 11.8. The third-order valence-corrected chi connectivity index (χ3v) is 5.63. The zero-order valence-electron chi connectivity index (χ0n) is 18.2. The maximum Gasteiger partial charge on any atom is 0.408 e. The zero-order chi connectivity index (χ0) is 22.1. The van der Waals surface area contributed by atoms with Crippen molar-refractivity contribution in [1.82, 2.24) is 16.0 Å². The summed E-state index contributed by atoms with van der Waals surface area (Å²) in [4.78, 5) is 49.3. The molecular weight excluding hydrogens is 390 g/mol. The van der Waals surface area contributed by atoms with Gasteiger partial charge in [0.25, 0.3) is 0 Å². The molecule has 1 saturated carbocycles. The van der Waals surface area contributed by atoms with E-state index < -0.39 is 30.1 Å². The smallest absolute Gasteiger partial charge is 0.408 e. The Balaban J connectivity index is 1.98. The minimum Gasteiger partial charge on any atom is -0.467 e. The summed E-state index contributed by atoms with van der Waals surface area (Å²) in [6.07, 6.45) is 5.29. The molecule has 0 spiro atoms.